The zero-order valence-corrected chi connectivity index (χ0v) is 17.9. The summed E-state index contributed by atoms with van der Waals surface area (Å²) in [4.78, 5) is 12.2. The number of carbonyl (C=O) groups excluding carboxylic acids is 1. The molecule has 0 radical (unpaired) electrons. The highest BCUT2D eigenvalue weighted by Gasteiger charge is 2.20. The van der Waals surface area contributed by atoms with Crippen LogP contribution < -0.4 is 5.73 Å². The Labute approximate surface area is 186 Å². The average Bonchev–Trinajstić information content (AvgIpc) is 3.09. The molecular formula is C28H24N2O2. The van der Waals surface area contributed by atoms with Gasteiger partial charge in [-0.05, 0) is 59.9 Å². The fraction of sp³-hybridized carbons (Fsp3) is 0.107. The van der Waals surface area contributed by atoms with Crippen molar-refractivity contribution >= 4 is 27.7 Å². The van der Waals surface area contributed by atoms with Gasteiger partial charge in [0.15, 0.2) is 0 Å². The molecule has 0 unspecified atom stereocenters. The number of nitrogens with two attached hydrogens (primary N) is 1. The molecule has 5 rings (SSSR count). The summed E-state index contributed by atoms with van der Waals surface area (Å²) in [6.07, 6.45) is 0.838. The normalized spacial score (nSPS) is 11.3. The molecule has 0 aliphatic rings. The number of rotatable bonds is 5. The molecule has 0 atom stereocenters. The van der Waals surface area contributed by atoms with E-state index < -0.39 is 5.91 Å². The third-order valence-corrected chi connectivity index (χ3v) is 6.06. The number of fused-ring (bicyclic) bond motifs is 3. The van der Waals surface area contributed by atoms with Crippen molar-refractivity contribution in [2.24, 2.45) is 5.73 Å². The van der Waals surface area contributed by atoms with Gasteiger partial charge in [-0.1, -0.05) is 60.7 Å². The van der Waals surface area contributed by atoms with Crippen LogP contribution in [0.1, 0.15) is 32.6 Å². The number of hydrogen-bond donors (Lipinski definition) is 2. The molecule has 4 aromatic carbocycles. The Balaban J connectivity index is 1.72. The summed E-state index contributed by atoms with van der Waals surface area (Å²) in [6, 6.07) is 28.2. The van der Waals surface area contributed by atoms with Gasteiger partial charge in [0, 0.05) is 17.5 Å². The number of aromatic hydroxyl groups is 1. The highest BCUT2D eigenvalue weighted by Crippen LogP contribution is 2.38. The van der Waals surface area contributed by atoms with E-state index in [0.717, 1.165) is 23.0 Å². The first-order chi connectivity index (χ1) is 15.5. The van der Waals surface area contributed by atoms with Crippen molar-refractivity contribution in [3.8, 4) is 5.75 Å². The molecule has 5 aromatic rings. The van der Waals surface area contributed by atoms with Gasteiger partial charge in [0.1, 0.15) is 5.75 Å². The van der Waals surface area contributed by atoms with Crippen LogP contribution in [0.25, 0.3) is 21.8 Å². The molecule has 158 valence electrons. The minimum atomic E-state index is -0.501. The minimum absolute atomic E-state index is 0.162. The monoisotopic (exact) mass is 420 g/mol. The molecule has 32 heavy (non-hydrogen) atoms. The van der Waals surface area contributed by atoms with Gasteiger partial charge in [-0.25, -0.2) is 0 Å². The zero-order chi connectivity index (χ0) is 22.2. The smallest absolute Gasteiger partial charge is 0.249 e. The van der Waals surface area contributed by atoms with Crippen LogP contribution in [0.15, 0.2) is 84.9 Å². The van der Waals surface area contributed by atoms with Crippen LogP contribution >= 0.6 is 0 Å². The van der Waals surface area contributed by atoms with E-state index in [2.05, 4.69) is 59.2 Å². The van der Waals surface area contributed by atoms with E-state index in [9.17, 15) is 9.90 Å². The van der Waals surface area contributed by atoms with E-state index in [1.807, 2.05) is 25.1 Å². The lowest BCUT2D eigenvalue weighted by molar-refractivity contribution is 0.100. The zero-order valence-electron chi connectivity index (χ0n) is 17.9. The Bertz CT molecular complexity index is 1470. The van der Waals surface area contributed by atoms with Crippen molar-refractivity contribution in [3.05, 3.63) is 113 Å². The molecule has 0 aliphatic heterocycles. The summed E-state index contributed by atoms with van der Waals surface area (Å²) < 4.78 is 2.17. The van der Waals surface area contributed by atoms with E-state index in [-0.39, 0.29) is 5.75 Å². The standard InChI is InChI=1S/C28H24N2O2/c1-18-14-24-27(25(31)15-18)26-22(28(29)32)12-7-13-23(26)30(24)17-21-11-6-5-10-20(21)16-19-8-3-2-4-9-19/h2-15,31H,16-17H2,1H3,(H2,29,32). The molecular weight excluding hydrogens is 396 g/mol. The number of phenolic OH excluding ortho intramolecular Hbond substituents is 1. The predicted molar refractivity (Wildman–Crippen MR) is 129 cm³/mol. The van der Waals surface area contributed by atoms with Crippen molar-refractivity contribution in [1.29, 1.82) is 0 Å². The van der Waals surface area contributed by atoms with Crippen LogP contribution in [0.4, 0.5) is 0 Å². The molecule has 3 N–H and O–H groups in total. The van der Waals surface area contributed by atoms with Crippen molar-refractivity contribution < 1.29 is 9.90 Å². The second kappa shape index (κ2) is 7.89. The molecule has 0 fully saturated rings. The Morgan fingerprint density at radius 1 is 0.844 bits per heavy atom. The molecule has 0 spiro atoms. The quantitative estimate of drug-likeness (QED) is 0.392. The van der Waals surface area contributed by atoms with Gasteiger partial charge < -0.3 is 15.4 Å². The number of primary amides is 1. The lowest BCUT2D eigenvalue weighted by atomic mass is 9.99. The van der Waals surface area contributed by atoms with Crippen LogP contribution in [-0.4, -0.2) is 15.6 Å². The topological polar surface area (TPSA) is 68.2 Å². The van der Waals surface area contributed by atoms with E-state index in [4.69, 9.17) is 5.73 Å². The summed E-state index contributed by atoms with van der Waals surface area (Å²) in [5.74, 6) is -0.339. The number of nitrogens with zero attached hydrogens (tertiary/aromatic N) is 1. The van der Waals surface area contributed by atoms with Crippen LogP contribution in [0.3, 0.4) is 0 Å². The maximum atomic E-state index is 12.2. The third-order valence-electron chi connectivity index (χ3n) is 6.06. The van der Waals surface area contributed by atoms with Crippen LogP contribution in [0, 0.1) is 6.92 Å². The molecule has 0 saturated carbocycles. The summed E-state index contributed by atoms with van der Waals surface area (Å²) in [6.45, 7) is 2.58. The number of benzene rings is 4. The van der Waals surface area contributed by atoms with Gasteiger partial charge in [-0.2, -0.15) is 0 Å². The largest absolute Gasteiger partial charge is 0.507 e. The molecule has 4 nitrogen and oxygen atoms in total. The van der Waals surface area contributed by atoms with Crippen LogP contribution in [0.2, 0.25) is 0 Å². The number of carbonyl (C=O) groups is 1. The lowest BCUT2D eigenvalue weighted by Gasteiger charge is -2.13. The number of amides is 1. The van der Waals surface area contributed by atoms with Crippen molar-refractivity contribution in [2.75, 3.05) is 0 Å². The SMILES string of the molecule is Cc1cc(O)c2c3c(C(N)=O)cccc3n(Cc3ccccc3Cc3ccccc3)c2c1. The van der Waals surface area contributed by atoms with Gasteiger partial charge in [-0.3, -0.25) is 4.79 Å². The van der Waals surface area contributed by atoms with E-state index in [1.54, 1.807) is 12.1 Å². The van der Waals surface area contributed by atoms with Crippen LogP contribution in [0.5, 0.6) is 5.75 Å². The molecule has 0 aliphatic carbocycles. The molecule has 1 heterocycles. The number of hydrogen-bond acceptors (Lipinski definition) is 2. The Morgan fingerprint density at radius 3 is 2.31 bits per heavy atom. The first kappa shape index (κ1) is 19.9. The van der Waals surface area contributed by atoms with Gasteiger partial charge in [-0.15, -0.1) is 0 Å². The fourth-order valence-corrected chi connectivity index (χ4v) is 4.62. The first-order valence-electron chi connectivity index (χ1n) is 10.7. The highest BCUT2D eigenvalue weighted by atomic mass is 16.3. The highest BCUT2D eigenvalue weighted by molar-refractivity contribution is 6.19. The third kappa shape index (κ3) is 3.40. The summed E-state index contributed by atoms with van der Waals surface area (Å²) >= 11 is 0. The maximum absolute atomic E-state index is 12.2. The summed E-state index contributed by atoms with van der Waals surface area (Å²) in [5, 5.41) is 12.2. The Kier molecular flexibility index (Phi) is 4.91. The first-order valence-corrected chi connectivity index (χ1v) is 10.7. The van der Waals surface area contributed by atoms with Gasteiger partial charge in [0.2, 0.25) is 5.91 Å². The molecule has 1 aromatic heterocycles. The number of aryl methyl sites for hydroxylation is 1. The lowest BCUT2D eigenvalue weighted by Crippen LogP contribution is -2.11. The van der Waals surface area contributed by atoms with E-state index in [1.165, 1.54) is 16.7 Å². The second-order valence-electron chi connectivity index (χ2n) is 8.26. The number of aromatic nitrogens is 1. The van der Waals surface area contributed by atoms with Crippen LogP contribution in [-0.2, 0) is 13.0 Å². The van der Waals surface area contributed by atoms with Crippen molar-refractivity contribution in [3.63, 3.8) is 0 Å². The average molecular weight is 421 g/mol. The summed E-state index contributed by atoms with van der Waals surface area (Å²) in [7, 11) is 0. The Hall–Kier alpha value is -4.05. The predicted octanol–water partition coefficient (Wildman–Crippen LogP) is 5.55. The van der Waals surface area contributed by atoms with Gasteiger partial charge in [0.05, 0.1) is 16.4 Å². The van der Waals surface area contributed by atoms with E-state index in [0.29, 0.717) is 22.9 Å². The van der Waals surface area contributed by atoms with E-state index >= 15 is 0 Å². The van der Waals surface area contributed by atoms with Crippen molar-refractivity contribution in [1.82, 2.24) is 4.57 Å². The van der Waals surface area contributed by atoms with Gasteiger partial charge >= 0.3 is 0 Å². The molecule has 0 saturated heterocycles. The maximum Gasteiger partial charge on any atom is 0.249 e. The number of phenols is 1. The Morgan fingerprint density at radius 2 is 1.56 bits per heavy atom. The molecule has 1 amide bonds. The molecule has 4 heteroatoms. The fourth-order valence-electron chi connectivity index (χ4n) is 4.62. The molecule has 0 bridgehead atoms. The minimum Gasteiger partial charge on any atom is -0.507 e. The van der Waals surface area contributed by atoms with Gasteiger partial charge in [0.25, 0.3) is 0 Å². The second-order valence-corrected chi connectivity index (χ2v) is 8.26. The van der Waals surface area contributed by atoms with Crippen molar-refractivity contribution in [2.45, 2.75) is 19.9 Å². The summed E-state index contributed by atoms with van der Waals surface area (Å²) in [5.41, 5.74) is 12.5.